The van der Waals surface area contributed by atoms with Gasteiger partial charge in [0.25, 0.3) is 0 Å². The second kappa shape index (κ2) is 5.31. The van der Waals surface area contributed by atoms with Crippen LogP contribution in [0.4, 0.5) is 0 Å². The van der Waals surface area contributed by atoms with Gasteiger partial charge in [0.15, 0.2) is 0 Å². The standard InChI is InChI=1S/2C10H15.Y/c2*1-6-7(2)9(4)10(5)8(6)3;/h2*1-5H3;. The molecular formula is C20H30Y. The minimum absolute atomic E-state index is 0.395. The van der Waals surface area contributed by atoms with Crippen molar-refractivity contribution >= 4 is 0 Å². The molecule has 2 rings (SSSR count). The molecule has 0 bridgehead atoms. The monoisotopic (exact) mass is 359 g/mol. The molecule has 0 aromatic carbocycles. The molecule has 2 aliphatic carbocycles. The molecule has 0 aromatic rings. The van der Waals surface area contributed by atoms with E-state index in [1.54, 1.807) is 44.6 Å². The van der Waals surface area contributed by atoms with Crippen LogP contribution in [0.25, 0.3) is 0 Å². The third-order valence-electron chi connectivity index (χ3n) is 7.07. The summed E-state index contributed by atoms with van der Waals surface area (Å²) in [5, 5.41) is 0. The van der Waals surface area contributed by atoms with Gasteiger partial charge in [0, 0.05) is 0 Å². The van der Waals surface area contributed by atoms with Crippen LogP contribution in [0.5, 0.6) is 0 Å². The zero-order chi connectivity index (χ0) is 16.3. The molecule has 21 heavy (non-hydrogen) atoms. The fourth-order valence-electron chi connectivity index (χ4n) is 4.26. The normalized spacial score (nSPS) is 24.5. The third-order valence-corrected chi connectivity index (χ3v) is 14.2. The zero-order valence-electron chi connectivity index (χ0n) is 15.6. The van der Waals surface area contributed by atoms with E-state index in [1.165, 1.54) is 0 Å². The van der Waals surface area contributed by atoms with Gasteiger partial charge >= 0.3 is 147 Å². The molecule has 2 aliphatic rings. The van der Waals surface area contributed by atoms with Gasteiger partial charge < -0.3 is 0 Å². The average molecular weight is 359 g/mol. The van der Waals surface area contributed by atoms with E-state index in [2.05, 4.69) is 69.2 Å². The summed E-state index contributed by atoms with van der Waals surface area (Å²) >= 11 is -0.955. The van der Waals surface area contributed by atoms with Crippen molar-refractivity contribution in [2.45, 2.75) is 73.7 Å². The summed E-state index contributed by atoms with van der Waals surface area (Å²) in [5.41, 5.74) is 12.8. The van der Waals surface area contributed by atoms with Gasteiger partial charge in [0.1, 0.15) is 0 Å². The van der Waals surface area contributed by atoms with Crippen LogP contribution in [0, 0.1) is 0 Å². The minimum atomic E-state index is -0.955. The predicted octanol–water partition coefficient (Wildman–Crippen LogP) is 6.80. The SMILES string of the molecule is CC1=C(C)[C](C)([Y][C]2(C)C(C)=C(C)C(C)=C2C)C(C)=C1C. The van der Waals surface area contributed by atoms with Gasteiger partial charge in [-0.2, -0.15) is 0 Å². The quantitative estimate of drug-likeness (QED) is 0.509. The maximum atomic E-state index is 2.54. The summed E-state index contributed by atoms with van der Waals surface area (Å²) in [6.45, 7) is 23.9. The summed E-state index contributed by atoms with van der Waals surface area (Å²) in [4.78, 5) is 0. The van der Waals surface area contributed by atoms with E-state index in [0.29, 0.717) is 4.45 Å². The van der Waals surface area contributed by atoms with Crippen molar-refractivity contribution in [1.82, 2.24) is 0 Å². The molecule has 0 nitrogen and oxygen atoms in total. The molecule has 0 heterocycles. The number of allylic oxidation sites excluding steroid dienone is 8. The molecule has 0 unspecified atom stereocenters. The zero-order valence-corrected chi connectivity index (χ0v) is 18.4. The number of rotatable bonds is 2. The van der Waals surface area contributed by atoms with Gasteiger partial charge in [-0.25, -0.2) is 0 Å². The van der Waals surface area contributed by atoms with Crippen LogP contribution in [0.1, 0.15) is 69.2 Å². The third kappa shape index (κ3) is 2.24. The molecule has 0 fully saturated rings. The molecule has 113 valence electrons. The van der Waals surface area contributed by atoms with Gasteiger partial charge in [-0.05, 0) is 0 Å². The van der Waals surface area contributed by atoms with Crippen molar-refractivity contribution in [2.24, 2.45) is 0 Å². The second-order valence-corrected chi connectivity index (χ2v) is 13.9. The van der Waals surface area contributed by atoms with Crippen LogP contribution in [-0.4, -0.2) is 0 Å². The molecule has 0 aliphatic heterocycles. The van der Waals surface area contributed by atoms with Gasteiger partial charge in [-0.3, -0.25) is 0 Å². The Labute approximate surface area is 146 Å². The molecule has 0 N–H and O–H groups in total. The Hall–Kier alpha value is 0.0639. The van der Waals surface area contributed by atoms with Crippen LogP contribution >= 0.6 is 0 Å². The Morgan fingerprint density at radius 3 is 0.857 bits per heavy atom. The summed E-state index contributed by atoms with van der Waals surface area (Å²) in [7, 11) is 0. The second-order valence-electron chi connectivity index (χ2n) is 7.55. The van der Waals surface area contributed by atoms with Crippen LogP contribution < -0.4 is 0 Å². The van der Waals surface area contributed by atoms with E-state index in [0.717, 1.165) is 0 Å². The summed E-state index contributed by atoms with van der Waals surface area (Å²) in [6, 6.07) is 0. The Kier molecular flexibility index (Phi) is 4.40. The first-order chi connectivity index (χ1) is 9.48. The first-order valence-corrected chi connectivity index (χ1v) is 10.9. The Balaban J connectivity index is 2.54. The molecule has 0 radical (unpaired) electrons. The van der Waals surface area contributed by atoms with E-state index in [9.17, 15) is 0 Å². The van der Waals surface area contributed by atoms with E-state index in [-0.39, 0.29) is 0 Å². The molecule has 0 amide bonds. The molecular weight excluding hydrogens is 329 g/mol. The molecule has 0 saturated heterocycles. The van der Waals surface area contributed by atoms with Crippen molar-refractivity contribution < 1.29 is 29.2 Å². The summed E-state index contributed by atoms with van der Waals surface area (Å²) in [6.07, 6.45) is 0. The van der Waals surface area contributed by atoms with Crippen molar-refractivity contribution in [1.29, 1.82) is 0 Å². The molecule has 0 saturated carbocycles. The van der Waals surface area contributed by atoms with Gasteiger partial charge in [-0.1, -0.05) is 0 Å². The van der Waals surface area contributed by atoms with Crippen LogP contribution in [-0.2, 0) is 29.2 Å². The van der Waals surface area contributed by atoms with Crippen molar-refractivity contribution in [3.05, 3.63) is 44.6 Å². The fraction of sp³-hybridized carbons (Fsp3) is 0.600. The van der Waals surface area contributed by atoms with E-state index >= 15 is 0 Å². The first kappa shape index (κ1) is 17.4. The number of hydrogen-bond donors (Lipinski definition) is 0. The van der Waals surface area contributed by atoms with Crippen LogP contribution in [0.15, 0.2) is 44.6 Å². The fourth-order valence-corrected chi connectivity index (χ4v) is 11.4. The van der Waals surface area contributed by atoms with E-state index < -0.39 is 29.2 Å². The van der Waals surface area contributed by atoms with Crippen LogP contribution in [0.3, 0.4) is 0 Å². The average Bonchev–Trinajstić information content (AvgIpc) is 2.67. The Morgan fingerprint density at radius 2 is 0.667 bits per heavy atom. The topological polar surface area (TPSA) is 0 Å². The summed E-state index contributed by atoms with van der Waals surface area (Å²) < 4.78 is 0.789. The van der Waals surface area contributed by atoms with Gasteiger partial charge in [-0.15, -0.1) is 0 Å². The first-order valence-electron chi connectivity index (χ1n) is 8.08. The molecule has 0 spiro atoms. The van der Waals surface area contributed by atoms with Crippen molar-refractivity contribution in [2.75, 3.05) is 0 Å². The van der Waals surface area contributed by atoms with Crippen molar-refractivity contribution in [3.8, 4) is 0 Å². The Bertz CT molecular complexity index is 531. The summed E-state index contributed by atoms with van der Waals surface area (Å²) in [5.74, 6) is 0. The van der Waals surface area contributed by atoms with Crippen LogP contribution in [0.2, 0.25) is 4.45 Å². The molecule has 1 heteroatoms. The molecule has 0 aromatic heterocycles. The van der Waals surface area contributed by atoms with Gasteiger partial charge in [0.05, 0.1) is 0 Å². The Morgan fingerprint density at radius 1 is 0.476 bits per heavy atom. The van der Waals surface area contributed by atoms with E-state index in [1.807, 2.05) is 0 Å². The van der Waals surface area contributed by atoms with Gasteiger partial charge in [0.2, 0.25) is 0 Å². The van der Waals surface area contributed by atoms with E-state index in [4.69, 9.17) is 0 Å². The number of hydrogen-bond acceptors (Lipinski definition) is 0. The molecule has 0 atom stereocenters. The predicted molar refractivity (Wildman–Crippen MR) is 90.2 cm³/mol. The van der Waals surface area contributed by atoms with Crippen molar-refractivity contribution in [3.63, 3.8) is 0 Å². The maximum absolute atomic E-state index is 2.54.